The van der Waals surface area contributed by atoms with Gasteiger partial charge in [-0.05, 0) is 26.7 Å². The van der Waals surface area contributed by atoms with E-state index in [1.54, 1.807) is 13.8 Å². The van der Waals surface area contributed by atoms with Gasteiger partial charge in [0.25, 0.3) is 0 Å². The molecular formula is C12H22O5. The quantitative estimate of drug-likeness (QED) is 0.688. The highest BCUT2D eigenvalue weighted by Gasteiger charge is 2.23. The average Bonchev–Trinajstić information content (AvgIpc) is 2.28. The van der Waals surface area contributed by atoms with Crippen molar-refractivity contribution in [3.63, 3.8) is 0 Å². The van der Waals surface area contributed by atoms with Gasteiger partial charge in [0.05, 0.1) is 18.6 Å². The van der Waals surface area contributed by atoms with Crippen LogP contribution in [0.1, 0.15) is 47.0 Å². The minimum absolute atomic E-state index is 0.208. The molecule has 0 rings (SSSR count). The van der Waals surface area contributed by atoms with Crippen LogP contribution < -0.4 is 0 Å². The zero-order chi connectivity index (χ0) is 13.4. The predicted molar refractivity (Wildman–Crippen MR) is 62.3 cm³/mol. The number of hydrogen-bond donors (Lipinski definition) is 1. The lowest BCUT2D eigenvalue weighted by atomic mass is 10.2. The van der Waals surface area contributed by atoms with Crippen molar-refractivity contribution in [1.82, 2.24) is 0 Å². The van der Waals surface area contributed by atoms with Crippen LogP contribution in [0.25, 0.3) is 0 Å². The maximum atomic E-state index is 11.3. The summed E-state index contributed by atoms with van der Waals surface area (Å²) >= 11 is 0. The summed E-state index contributed by atoms with van der Waals surface area (Å²) < 4.78 is 9.84. The normalized spacial score (nSPS) is 15.8. The molecule has 0 aromatic rings. The smallest absolute Gasteiger partial charge is 0.335 e. The molecule has 0 saturated carbocycles. The van der Waals surface area contributed by atoms with E-state index in [9.17, 15) is 14.7 Å². The Morgan fingerprint density at radius 3 is 2.00 bits per heavy atom. The van der Waals surface area contributed by atoms with Crippen LogP contribution in [0.15, 0.2) is 0 Å². The summed E-state index contributed by atoms with van der Waals surface area (Å²) in [6.45, 7) is 7.22. The van der Waals surface area contributed by atoms with Crippen LogP contribution in [0, 0.1) is 0 Å². The van der Waals surface area contributed by atoms with Crippen molar-refractivity contribution in [2.45, 2.75) is 65.3 Å². The van der Waals surface area contributed by atoms with Crippen molar-refractivity contribution in [3.8, 4) is 0 Å². The molecule has 0 fully saturated rings. The number of esters is 2. The lowest BCUT2D eigenvalue weighted by molar-refractivity contribution is -0.165. The second-order valence-electron chi connectivity index (χ2n) is 4.08. The van der Waals surface area contributed by atoms with Crippen LogP contribution in [-0.4, -0.2) is 35.4 Å². The van der Waals surface area contributed by atoms with Crippen LogP contribution in [0.2, 0.25) is 0 Å². The third-order valence-electron chi connectivity index (χ3n) is 2.43. The summed E-state index contributed by atoms with van der Waals surface area (Å²) in [7, 11) is 0. The molecule has 5 nitrogen and oxygen atoms in total. The zero-order valence-electron chi connectivity index (χ0n) is 10.9. The predicted octanol–water partition coefficient (Wildman–Crippen LogP) is 1.42. The molecule has 3 atom stereocenters. The van der Waals surface area contributed by atoms with Crippen LogP contribution in [-0.2, 0) is 19.1 Å². The summed E-state index contributed by atoms with van der Waals surface area (Å²) in [5.74, 6) is -1.37. The van der Waals surface area contributed by atoms with Gasteiger partial charge in [-0.1, -0.05) is 13.8 Å². The summed E-state index contributed by atoms with van der Waals surface area (Å²) in [4.78, 5) is 22.6. The Hall–Kier alpha value is -1.10. The van der Waals surface area contributed by atoms with Gasteiger partial charge in [0, 0.05) is 0 Å². The first kappa shape index (κ1) is 15.9. The Morgan fingerprint density at radius 1 is 1.06 bits per heavy atom. The fraction of sp³-hybridized carbons (Fsp3) is 0.833. The van der Waals surface area contributed by atoms with Crippen LogP contribution >= 0.6 is 0 Å². The van der Waals surface area contributed by atoms with Crippen molar-refractivity contribution < 1.29 is 24.2 Å². The number of aliphatic hydroxyl groups is 1. The first-order valence-corrected chi connectivity index (χ1v) is 5.98. The molecule has 100 valence electrons. The Balaban J connectivity index is 4.03. The Labute approximate surface area is 102 Å². The van der Waals surface area contributed by atoms with Crippen molar-refractivity contribution in [2.75, 3.05) is 0 Å². The highest BCUT2D eigenvalue weighted by atomic mass is 16.6. The van der Waals surface area contributed by atoms with E-state index in [4.69, 9.17) is 9.47 Å². The Bertz CT molecular complexity index is 251. The largest absolute Gasteiger partial charge is 0.463 e. The van der Waals surface area contributed by atoms with Crippen LogP contribution in [0.5, 0.6) is 0 Å². The molecule has 0 aliphatic rings. The fourth-order valence-electron chi connectivity index (χ4n) is 0.957. The number of hydrogen-bond acceptors (Lipinski definition) is 5. The number of carbonyl (C=O) groups excluding carboxylic acids is 2. The van der Waals surface area contributed by atoms with Gasteiger partial charge in [0.2, 0.25) is 0 Å². The molecule has 0 saturated heterocycles. The van der Waals surface area contributed by atoms with Crippen molar-refractivity contribution in [2.24, 2.45) is 0 Å². The molecule has 1 N–H and O–H groups in total. The Morgan fingerprint density at radius 2 is 1.53 bits per heavy atom. The second-order valence-corrected chi connectivity index (χ2v) is 4.08. The molecule has 0 radical (unpaired) electrons. The van der Waals surface area contributed by atoms with Crippen molar-refractivity contribution >= 4 is 11.9 Å². The minimum Gasteiger partial charge on any atom is -0.463 e. The summed E-state index contributed by atoms with van der Waals surface area (Å²) in [6.07, 6.45) is -0.919. The number of ether oxygens (including phenoxy) is 2. The first-order valence-electron chi connectivity index (χ1n) is 5.98. The maximum absolute atomic E-state index is 11.3. The van der Waals surface area contributed by atoms with Crippen molar-refractivity contribution in [3.05, 3.63) is 0 Å². The number of aliphatic hydroxyl groups excluding tert-OH is 1. The molecule has 0 amide bonds. The van der Waals surface area contributed by atoms with Gasteiger partial charge < -0.3 is 14.6 Å². The molecular weight excluding hydrogens is 224 g/mol. The van der Waals surface area contributed by atoms with Gasteiger partial charge in [0.1, 0.15) is 0 Å². The highest BCUT2D eigenvalue weighted by molar-refractivity contribution is 5.81. The van der Waals surface area contributed by atoms with E-state index in [0.717, 1.165) is 0 Å². The molecule has 0 aliphatic carbocycles. The molecule has 0 bridgehead atoms. The highest BCUT2D eigenvalue weighted by Crippen LogP contribution is 2.05. The third-order valence-corrected chi connectivity index (χ3v) is 2.43. The van der Waals surface area contributed by atoms with Gasteiger partial charge in [0.15, 0.2) is 6.10 Å². The minimum atomic E-state index is -1.44. The maximum Gasteiger partial charge on any atom is 0.335 e. The molecule has 0 aromatic heterocycles. The summed E-state index contributed by atoms with van der Waals surface area (Å²) in [6, 6.07) is 0. The van der Waals surface area contributed by atoms with Gasteiger partial charge in [-0.15, -0.1) is 0 Å². The lowest BCUT2D eigenvalue weighted by Gasteiger charge is -2.15. The van der Waals surface area contributed by atoms with E-state index in [2.05, 4.69) is 0 Å². The van der Waals surface area contributed by atoms with Gasteiger partial charge >= 0.3 is 11.9 Å². The third kappa shape index (κ3) is 6.94. The topological polar surface area (TPSA) is 72.8 Å². The monoisotopic (exact) mass is 246 g/mol. The van der Waals surface area contributed by atoms with E-state index in [0.29, 0.717) is 12.8 Å². The molecule has 17 heavy (non-hydrogen) atoms. The van der Waals surface area contributed by atoms with Crippen molar-refractivity contribution in [1.29, 1.82) is 0 Å². The fourth-order valence-corrected chi connectivity index (χ4v) is 0.957. The molecule has 0 heterocycles. The molecule has 0 spiro atoms. The van der Waals surface area contributed by atoms with Gasteiger partial charge in [-0.25, -0.2) is 4.79 Å². The second kappa shape index (κ2) is 8.06. The number of carbonyl (C=O) groups is 2. The van der Waals surface area contributed by atoms with E-state index in [1.165, 1.54) is 0 Å². The summed E-state index contributed by atoms with van der Waals surface area (Å²) in [5.41, 5.74) is 0. The van der Waals surface area contributed by atoms with Crippen LogP contribution in [0.4, 0.5) is 0 Å². The van der Waals surface area contributed by atoms with Gasteiger partial charge in [-0.2, -0.15) is 0 Å². The Kier molecular flexibility index (Phi) is 7.54. The van der Waals surface area contributed by atoms with Crippen LogP contribution in [0.3, 0.4) is 0 Å². The standard InChI is InChI=1S/C12H22O5/c1-5-8(3)16-11(14)7-10(13)12(15)17-9(4)6-2/h8-10,13H,5-7H2,1-4H3/t8-,9-,10-/m0/s1. The van der Waals surface area contributed by atoms with E-state index in [-0.39, 0.29) is 18.6 Å². The zero-order valence-corrected chi connectivity index (χ0v) is 10.9. The van der Waals surface area contributed by atoms with E-state index in [1.807, 2.05) is 13.8 Å². The summed E-state index contributed by atoms with van der Waals surface area (Å²) in [5, 5.41) is 9.44. The van der Waals surface area contributed by atoms with E-state index < -0.39 is 18.0 Å². The SMILES string of the molecule is CC[C@H](C)OC(=O)C[C@H](O)C(=O)O[C@@H](C)CC. The molecule has 0 aromatic carbocycles. The van der Waals surface area contributed by atoms with Gasteiger partial charge in [-0.3, -0.25) is 4.79 Å². The first-order chi connectivity index (χ1) is 7.90. The lowest BCUT2D eigenvalue weighted by Crippen LogP contribution is -2.30. The molecule has 5 heteroatoms. The molecule has 0 unspecified atom stereocenters. The number of rotatable bonds is 7. The van der Waals surface area contributed by atoms with E-state index >= 15 is 0 Å². The average molecular weight is 246 g/mol. The molecule has 0 aliphatic heterocycles.